The minimum absolute atomic E-state index is 0.114. The second-order valence-corrected chi connectivity index (χ2v) is 7.44. The number of ether oxygens (including phenoxy) is 2. The van der Waals surface area contributed by atoms with Crippen LogP contribution in [0.2, 0.25) is 5.02 Å². The Bertz CT molecular complexity index is 1350. The number of rotatable bonds is 7. The first-order valence-corrected chi connectivity index (χ1v) is 10.2. The van der Waals surface area contributed by atoms with Crippen LogP contribution in [0.15, 0.2) is 65.7 Å². The van der Waals surface area contributed by atoms with Crippen LogP contribution in [0.3, 0.4) is 0 Å². The van der Waals surface area contributed by atoms with E-state index in [0.29, 0.717) is 27.7 Å². The summed E-state index contributed by atoms with van der Waals surface area (Å²) in [4.78, 5) is 25.3. The predicted octanol–water partition coefficient (Wildman–Crippen LogP) is 3.15. The van der Waals surface area contributed by atoms with Gasteiger partial charge in [0.25, 0.3) is 5.56 Å². The third-order valence-corrected chi connectivity index (χ3v) is 5.40. The number of carbonyl (C=O) groups is 1. The fourth-order valence-electron chi connectivity index (χ4n) is 3.33. The fourth-order valence-corrected chi connectivity index (χ4v) is 3.54. The van der Waals surface area contributed by atoms with E-state index in [-0.39, 0.29) is 24.6 Å². The molecule has 1 N–H and O–H groups in total. The predicted molar refractivity (Wildman–Crippen MR) is 121 cm³/mol. The third kappa shape index (κ3) is 4.31. The molecule has 0 aliphatic carbocycles. The van der Waals surface area contributed by atoms with Crippen molar-refractivity contribution in [2.24, 2.45) is 0 Å². The van der Waals surface area contributed by atoms with Crippen LogP contribution in [-0.2, 0) is 17.9 Å². The fraction of sp³-hybridized carbons (Fsp3) is 0.174. The zero-order chi connectivity index (χ0) is 22.7. The van der Waals surface area contributed by atoms with Gasteiger partial charge in [-0.2, -0.15) is 5.10 Å². The summed E-state index contributed by atoms with van der Waals surface area (Å²) in [5.74, 6) is 0.871. The zero-order valence-electron chi connectivity index (χ0n) is 17.5. The molecule has 0 saturated heterocycles. The van der Waals surface area contributed by atoms with Crippen molar-refractivity contribution >= 4 is 23.0 Å². The molecule has 0 aliphatic rings. The standard InChI is InChI=1S/C23H21ClN4O4/c1-31-20-8-7-15(11-21(20)32-2)18-12-19-23(30)27(9-10-28(19)26-18)14-22(29)25-13-16-5-3-4-6-17(16)24/h3-12H,13-14H2,1-2H3,(H,25,29). The van der Waals surface area contributed by atoms with Crippen LogP contribution in [0.25, 0.3) is 16.8 Å². The smallest absolute Gasteiger partial charge is 0.277 e. The van der Waals surface area contributed by atoms with E-state index in [1.54, 1.807) is 44.7 Å². The zero-order valence-corrected chi connectivity index (χ0v) is 18.3. The number of amides is 1. The van der Waals surface area contributed by atoms with Crippen molar-refractivity contribution in [2.75, 3.05) is 14.2 Å². The van der Waals surface area contributed by atoms with Crippen LogP contribution >= 0.6 is 11.6 Å². The first-order valence-electron chi connectivity index (χ1n) is 9.81. The number of hydrogen-bond donors (Lipinski definition) is 1. The Morgan fingerprint density at radius 3 is 2.59 bits per heavy atom. The second-order valence-electron chi connectivity index (χ2n) is 7.03. The van der Waals surface area contributed by atoms with Gasteiger partial charge in [-0.1, -0.05) is 29.8 Å². The number of hydrogen-bond acceptors (Lipinski definition) is 5. The molecular weight excluding hydrogens is 432 g/mol. The third-order valence-electron chi connectivity index (χ3n) is 5.03. The molecule has 1 amide bonds. The number of methoxy groups -OCH3 is 2. The van der Waals surface area contributed by atoms with Crippen molar-refractivity contribution in [3.63, 3.8) is 0 Å². The van der Waals surface area contributed by atoms with Gasteiger partial charge in [0.2, 0.25) is 5.91 Å². The van der Waals surface area contributed by atoms with E-state index in [2.05, 4.69) is 10.4 Å². The largest absolute Gasteiger partial charge is 0.493 e. The molecule has 164 valence electrons. The molecule has 0 aliphatic heterocycles. The molecule has 32 heavy (non-hydrogen) atoms. The van der Waals surface area contributed by atoms with E-state index in [1.165, 1.54) is 15.3 Å². The summed E-state index contributed by atoms with van der Waals surface area (Å²) in [5, 5.41) is 7.84. The molecule has 9 heteroatoms. The van der Waals surface area contributed by atoms with Crippen LogP contribution in [0.4, 0.5) is 0 Å². The van der Waals surface area contributed by atoms with Crippen LogP contribution in [-0.4, -0.2) is 34.3 Å². The molecule has 0 radical (unpaired) electrons. The average Bonchev–Trinajstić information content (AvgIpc) is 3.25. The van der Waals surface area contributed by atoms with Crippen molar-refractivity contribution in [2.45, 2.75) is 13.1 Å². The van der Waals surface area contributed by atoms with Gasteiger partial charge >= 0.3 is 0 Å². The molecular formula is C23H21ClN4O4. The molecule has 2 aromatic heterocycles. The number of carbonyl (C=O) groups excluding carboxylic acids is 1. The molecule has 2 heterocycles. The highest BCUT2D eigenvalue weighted by molar-refractivity contribution is 6.31. The van der Waals surface area contributed by atoms with E-state index >= 15 is 0 Å². The number of fused-ring (bicyclic) bond motifs is 1. The van der Waals surface area contributed by atoms with Crippen LogP contribution < -0.4 is 20.3 Å². The highest BCUT2D eigenvalue weighted by Gasteiger charge is 2.13. The quantitative estimate of drug-likeness (QED) is 0.465. The van der Waals surface area contributed by atoms with Gasteiger partial charge in [0.1, 0.15) is 12.1 Å². The molecule has 4 rings (SSSR count). The van der Waals surface area contributed by atoms with E-state index < -0.39 is 0 Å². The molecule has 0 atom stereocenters. The van der Waals surface area contributed by atoms with Crippen LogP contribution in [0.1, 0.15) is 5.56 Å². The normalized spacial score (nSPS) is 10.8. The van der Waals surface area contributed by atoms with Crippen molar-refractivity contribution < 1.29 is 14.3 Å². The van der Waals surface area contributed by atoms with E-state index in [0.717, 1.165) is 11.1 Å². The monoisotopic (exact) mass is 452 g/mol. The van der Waals surface area contributed by atoms with Crippen molar-refractivity contribution in [1.29, 1.82) is 0 Å². The maximum atomic E-state index is 12.9. The van der Waals surface area contributed by atoms with Crippen molar-refractivity contribution in [1.82, 2.24) is 19.5 Å². The van der Waals surface area contributed by atoms with Crippen molar-refractivity contribution in [3.8, 4) is 22.8 Å². The Balaban J connectivity index is 1.55. The number of halogens is 1. The topological polar surface area (TPSA) is 86.9 Å². The lowest BCUT2D eigenvalue weighted by molar-refractivity contribution is -0.121. The maximum Gasteiger partial charge on any atom is 0.277 e. The molecule has 0 fully saturated rings. The lowest BCUT2D eigenvalue weighted by Gasteiger charge is -2.08. The molecule has 0 saturated carbocycles. The van der Waals surface area contributed by atoms with Gasteiger partial charge in [-0.15, -0.1) is 0 Å². The van der Waals surface area contributed by atoms with Gasteiger partial charge in [-0.25, -0.2) is 4.52 Å². The summed E-state index contributed by atoms with van der Waals surface area (Å²) >= 11 is 6.12. The Kier molecular flexibility index (Phi) is 6.13. The highest BCUT2D eigenvalue weighted by Crippen LogP contribution is 2.31. The minimum atomic E-state index is -0.320. The van der Waals surface area contributed by atoms with Gasteiger partial charge in [0.05, 0.1) is 19.9 Å². The van der Waals surface area contributed by atoms with E-state index in [1.807, 2.05) is 24.3 Å². The lowest BCUT2D eigenvalue weighted by Crippen LogP contribution is -2.32. The summed E-state index contributed by atoms with van der Waals surface area (Å²) < 4.78 is 13.4. The lowest BCUT2D eigenvalue weighted by atomic mass is 10.1. The van der Waals surface area contributed by atoms with Gasteiger partial charge in [-0.3, -0.25) is 9.59 Å². The summed E-state index contributed by atoms with van der Waals surface area (Å²) in [6.45, 7) is 0.169. The Labute approximate surface area is 189 Å². The highest BCUT2D eigenvalue weighted by atomic mass is 35.5. The number of nitrogens with one attached hydrogen (secondary N) is 1. The summed E-state index contributed by atoms with van der Waals surface area (Å²) in [7, 11) is 3.12. The number of benzene rings is 2. The molecule has 4 aromatic rings. The average molecular weight is 453 g/mol. The van der Waals surface area contributed by atoms with Gasteiger partial charge in [0.15, 0.2) is 11.5 Å². The first-order chi connectivity index (χ1) is 15.5. The minimum Gasteiger partial charge on any atom is -0.493 e. The van der Waals surface area contributed by atoms with E-state index in [4.69, 9.17) is 21.1 Å². The summed E-state index contributed by atoms with van der Waals surface area (Å²) in [6.07, 6.45) is 3.18. The van der Waals surface area contributed by atoms with E-state index in [9.17, 15) is 9.59 Å². The molecule has 0 bridgehead atoms. The van der Waals surface area contributed by atoms with Crippen LogP contribution in [0, 0.1) is 0 Å². The maximum absolute atomic E-state index is 12.9. The summed E-state index contributed by atoms with van der Waals surface area (Å²) in [6, 6.07) is 14.4. The molecule has 2 aromatic carbocycles. The Morgan fingerprint density at radius 2 is 1.84 bits per heavy atom. The summed E-state index contributed by atoms with van der Waals surface area (Å²) in [5.41, 5.74) is 2.22. The van der Waals surface area contributed by atoms with Gasteiger partial charge < -0.3 is 19.4 Å². The van der Waals surface area contributed by atoms with Gasteiger partial charge in [0, 0.05) is 29.5 Å². The Hall–Kier alpha value is -3.78. The molecule has 0 spiro atoms. The van der Waals surface area contributed by atoms with Crippen molar-refractivity contribution in [3.05, 3.63) is 81.9 Å². The molecule has 0 unspecified atom stereocenters. The number of nitrogens with zero attached hydrogens (tertiary/aromatic N) is 3. The van der Waals surface area contributed by atoms with Gasteiger partial charge in [-0.05, 0) is 35.9 Å². The number of aromatic nitrogens is 3. The second kappa shape index (κ2) is 9.15. The van der Waals surface area contributed by atoms with Crippen LogP contribution in [0.5, 0.6) is 11.5 Å². The first kappa shape index (κ1) is 21.5. The Morgan fingerprint density at radius 1 is 1.06 bits per heavy atom. The molecule has 8 nitrogen and oxygen atoms in total. The SMILES string of the molecule is COc1ccc(-c2cc3c(=O)n(CC(=O)NCc4ccccc4Cl)ccn3n2)cc1OC.